The summed E-state index contributed by atoms with van der Waals surface area (Å²) in [5.74, 6) is 0.722. The normalized spacial score (nSPS) is 22.8. The van der Waals surface area contributed by atoms with Gasteiger partial charge in [0.05, 0.1) is 5.69 Å². The van der Waals surface area contributed by atoms with Gasteiger partial charge in [0.1, 0.15) is 0 Å². The first-order chi connectivity index (χ1) is 11.6. The molecule has 3 rings (SSSR count). The van der Waals surface area contributed by atoms with Gasteiger partial charge >= 0.3 is 0 Å². The molecule has 2 aliphatic rings. The lowest BCUT2D eigenvalue weighted by molar-refractivity contribution is -0.119. The highest BCUT2D eigenvalue weighted by molar-refractivity contribution is 6.13. The minimum atomic E-state index is -0.783. The molecule has 0 spiro atoms. The number of hydrogen-bond acceptors (Lipinski definition) is 3. The minimum Gasteiger partial charge on any atom is -0.308 e. The number of para-hydroxylation sites is 1. The van der Waals surface area contributed by atoms with Gasteiger partial charge in [-0.3, -0.25) is 9.79 Å². The summed E-state index contributed by atoms with van der Waals surface area (Å²) < 4.78 is 0. The van der Waals surface area contributed by atoms with E-state index >= 15 is 0 Å². The average molecular weight is 327 g/mol. The number of rotatable bonds is 3. The van der Waals surface area contributed by atoms with Crippen molar-refractivity contribution >= 4 is 17.3 Å². The van der Waals surface area contributed by atoms with Crippen LogP contribution in [0.4, 0.5) is 5.69 Å². The van der Waals surface area contributed by atoms with Crippen LogP contribution in [0.1, 0.15) is 57.9 Å². The topological polar surface area (TPSA) is 58.7 Å². The van der Waals surface area contributed by atoms with Gasteiger partial charge in [-0.25, -0.2) is 0 Å². The van der Waals surface area contributed by atoms with Gasteiger partial charge in [-0.05, 0) is 24.8 Å². The van der Waals surface area contributed by atoms with Crippen LogP contribution in [0.2, 0.25) is 0 Å². The molecule has 4 heteroatoms. The molecule has 1 aromatic rings. The molecular weight excluding hydrogens is 298 g/mol. The van der Waals surface area contributed by atoms with E-state index in [9.17, 15) is 4.79 Å². The van der Waals surface area contributed by atoms with Gasteiger partial charge in [-0.2, -0.15) is 0 Å². The van der Waals surface area contributed by atoms with Crippen LogP contribution in [-0.2, 0) is 4.79 Å². The van der Waals surface area contributed by atoms with Crippen molar-refractivity contribution in [3.63, 3.8) is 0 Å². The van der Waals surface area contributed by atoms with E-state index in [2.05, 4.69) is 19.9 Å². The highest BCUT2D eigenvalue weighted by Crippen LogP contribution is 2.33. The second-order valence-electron chi connectivity index (χ2n) is 7.51. The number of nitrogens with zero attached hydrogens (tertiary/aromatic N) is 2. The maximum absolute atomic E-state index is 12.8. The zero-order valence-electron chi connectivity index (χ0n) is 14.9. The van der Waals surface area contributed by atoms with E-state index in [1.807, 2.05) is 23.1 Å². The number of aliphatic imine (C=N–C) groups is 1. The molecule has 0 bridgehead atoms. The summed E-state index contributed by atoms with van der Waals surface area (Å²) in [5.41, 5.74) is 9.32. The molecule has 1 aromatic carbocycles. The van der Waals surface area contributed by atoms with Gasteiger partial charge in [0.15, 0.2) is 6.17 Å². The predicted octanol–water partition coefficient (Wildman–Crippen LogP) is 3.73. The van der Waals surface area contributed by atoms with Gasteiger partial charge in [0.2, 0.25) is 0 Å². The zero-order valence-corrected chi connectivity index (χ0v) is 14.9. The molecule has 0 radical (unpaired) electrons. The maximum atomic E-state index is 12.8. The Hall–Kier alpha value is -1.68. The first-order valence-electron chi connectivity index (χ1n) is 9.32. The van der Waals surface area contributed by atoms with Crippen LogP contribution in [0.25, 0.3) is 0 Å². The van der Waals surface area contributed by atoms with Crippen molar-refractivity contribution in [3.8, 4) is 0 Å². The fourth-order valence-corrected chi connectivity index (χ4v) is 3.91. The number of carbonyl (C=O) groups excluding carboxylic acids is 1. The van der Waals surface area contributed by atoms with Gasteiger partial charge in [0, 0.05) is 23.7 Å². The summed E-state index contributed by atoms with van der Waals surface area (Å²) in [6.45, 7) is 4.93. The van der Waals surface area contributed by atoms with Crippen molar-refractivity contribution in [3.05, 3.63) is 29.8 Å². The van der Waals surface area contributed by atoms with E-state index in [1.165, 1.54) is 25.7 Å². The number of anilines is 1. The molecular formula is C20H29N3O. The van der Waals surface area contributed by atoms with Gasteiger partial charge in [-0.1, -0.05) is 57.7 Å². The third kappa shape index (κ3) is 3.54. The fraction of sp³-hybridized carbons (Fsp3) is 0.600. The summed E-state index contributed by atoms with van der Waals surface area (Å²) in [6, 6.07) is 8.19. The third-order valence-corrected chi connectivity index (χ3v) is 5.06. The summed E-state index contributed by atoms with van der Waals surface area (Å²) in [5, 5.41) is 0. The van der Waals surface area contributed by atoms with Crippen molar-refractivity contribution in [2.75, 3.05) is 11.4 Å². The Bertz CT molecular complexity index is 615. The van der Waals surface area contributed by atoms with Gasteiger partial charge < -0.3 is 10.6 Å². The molecule has 130 valence electrons. The number of nitrogens with two attached hydrogens (primary N) is 1. The number of benzodiazepines with no additional fused rings is 1. The number of amides is 1. The highest BCUT2D eigenvalue weighted by Gasteiger charge is 2.32. The summed E-state index contributed by atoms with van der Waals surface area (Å²) in [7, 11) is 0. The van der Waals surface area contributed by atoms with Crippen molar-refractivity contribution in [1.82, 2.24) is 0 Å². The standard InChI is InChI=1S/C20H29N3O/c1-14(2)13-23-17-12-8-7-11-16(17)18(22-19(21)20(23)24)15-9-5-3-4-6-10-15/h7-8,11-12,14-15,19H,3-6,9-10,13,21H2,1-2H3/t19-/m0/s1. The lowest BCUT2D eigenvalue weighted by Crippen LogP contribution is -2.44. The highest BCUT2D eigenvalue weighted by atomic mass is 16.2. The van der Waals surface area contributed by atoms with Gasteiger partial charge in [0.25, 0.3) is 5.91 Å². The molecule has 1 aliphatic heterocycles. The van der Waals surface area contributed by atoms with Crippen LogP contribution in [0.5, 0.6) is 0 Å². The number of carbonyl (C=O) groups is 1. The first kappa shape index (κ1) is 17.2. The van der Waals surface area contributed by atoms with Crippen LogP contribution in [-0.4, -0.2) is 24.3 Å². The number of hydrogen-bond donors (Lipinski definition) is 1. The predicted molar refractivity (Wildman–Crippen MR) is 99.3 cm³/mol. The fourth-order valence-electron chi connectivity index (χ4n) is 3.91. The van der Waals surface area contributed by atoms with E-state index in [-0.39, 0.29) is 5.91 Å². The molecule has 1 atom stereocenters. The molecule has 1 heterocycles. The molecule has 1 fully saturated rings. The largest absolute Gasteiger partial charge is 0.308 e. The second-order valence-corrected chi connectivity index (χ2v) is 7.51. The summed E-state index contributed by atoms with van der Waals surface area (Å²) in [4.78, 5) is 19.4. The molecule has 1 aliphatic carbocycles. The maximum Gasteiger partial charge on any atom is 0.266 e. The van der Waals surface area contributed by atoms with Crippen LogP contribution in [0, 0.1) is 11.8 Å². The second kappa shape index (κ2) is 7.47. The van der Waals surface area contributed by atoms with Crippen molar-refractivity contribution < 1.29 is 4.79 Å². The lowest BCUT2D eigenvalue weighted by Gasteiger charge is -2.26. The van der Waals surface area contributed by atoms with Crippen LogP contribution in [0.3, 0.4) is 0 Å². The molecule has 2 N–H and O–H groups in total. The number of benzene rings is 1. The molecule has 1 saturated carbocycles. The SMILES string of the molecule is CC(C)CN1C(=O)[C@@H](N)N=C(C2CCCCCC2)c2ccccc21. The monoisotopic (exact) mass is 327 g/mol. The molecule has 0 unspecified atom stereocenters. The summed E-state index contributed by atoms with van der Waals surface area (Å²) in [6.07, 6.45) is 6.60. The summed E-state index contributed by atoms with van der Waals surface area (Å²) >= 11 is 0. The Balaban J connectivity index is 2.04. The van der Waals surface area contributed by atoms with E-state index in [4.69, 9.17) is 10.7 Å². The van der Waals surface area contributed by atoms with Crippen LogP contribution in [0.15, 0.2) is 29.3 Å². The number of fused-ring (bicyclic) bond motifs is 1. The third-order valence-electron chi connectivity index (χ3n) is 5.06. The quantitative estimate of drug-likeness (QED) is 0.860. The average Bonchev–Trinajstić information content (AvgIpc) is 2.89. The Morgan fingerprint density at radius 3 is 2.50 bits per heavy atom. The lowest BCUT2D eigenvalue weighted by atomic mass is 9.89. The Morgan fingerprint density at radius 1 is 1.17 bits per heavy atom. The smallest absolute Gasteiger partial charge is 0.266 e. The Kier molecular flexibility index (Phi) is 5.34. The van der Waals surface area contributed by atoms with Crippen LogP contribution < -0.4 is 10.6 Å². The Labute approximate surface area is 145 Å². The first-order valence-corrected chi connectivity index (χ1v) is 9.32. The molecule has 0 saturated heterocycles. The van der Waals surface area contributed by atoms with Gasteiger partial charge in [-0.15, -0.1) is 0 Å². The molecule has 4 nitrogen and oxygen atoms in total. The van der Waals surface area contributed by atoms with E-state index in [1.54, 1.807) is 0 Å². The Morgan fingerprint density at radius 2 is 1.83 bits per heavy atom. The zero-order chi connectivity index (χ0) is 17.1. The van der Waals surface area contributed by atoms with Crippen molar-refractivity contribution in [2.24, 2.45) is 22.6 Å². The molecule has 1 amide bonds. The molecule has 0 aromatic heterocycles. The van der Waals surface area contributed by atoms with E-state index in [0.717, 1.165) is 29.8 Å². The molecule has 24 heavy (non-hydrogen) atoms. The minimum absolute atomic E-state index is 0.0835. The van der Waals surface area contributed by atoms with Crippen molar-refractivity contribution in [1.29, 1.82) is 0 Å². The van der Waals surface area contributed by atoms with Crippen LogP contribution >= 0.6 is 0 Å². The van der Waals surface area contributed by atoms with Crippen molar-refractivity contribution in [2.45, 2.75) is 58.5 Å². The van der Waals surface area contributed by atoms with E-state index in [0.29, 0.717) is 18.4 Å². The van der Waals surface area contributed by atoms with E-state index < -0.39 is 6.17 Å².